The second-order valence-corrected chi connectivity index (χ2v) is 10.1. The van der Waals surface area contributed by atoms with E-state index in [1.165, 1.54) is 87.9 Å². The van der Waals surface area contributed by atoms with Gasteiger partial charge in [0.1, 0.15) is 35.1 Å². The van der Waals surface area contributed by atoms with Crippen LogP contribution >= 0.6 is 0 Å². The molecular formula is C30H31F3N4O7. The van der Waals surface area contributed by atoms with E-state index >= 15 is 4.39 Å². The molecule has 3 amide bonds. The summed E-state index contributed by atoms with van der Waals surface area (Å²) < 4.78 is 56.1. The molecule has 1 N–H and O–H groups in total. The normalized spacial score (nSPS) is 17.0. The summed E-state index contributed by atoms with van der Waals surface area (Å²) in [7, 11) is 5.82. The van der Waals surface area contributed by atoms with Crippen molar-refractivity contribution in [1.29, 1.82) is 0 Å². The number of anilines is 1. The predicted molar refractivity (Wildman–Crippen MR) is 153 cm³/mol. The number of hydrogen-bond donors (Lipinski definition) is 1. The quantitative estimate of drug-likeness (QED) is 0.352. The van der Waals surface area contributed by atoms with Crippen molar-refractivity contribution in [3.05, 3.63) is 88.1 Å². The first kappa shape index (κ1) is 32.1. The van der Waals surface area contributed by atoms with E-state index in [1.54, 1.807) is 0 Å². The van der Waals surface area contributed by atoms with Crippen LogP contribution in [0.3, 0.4) is 0 Å². The molecule has 0 spiro atoms. The topological polar surface area (TPSA) is 119 Å². The number of nitrogens with one attached hydrogen (secondary N) is 1. The smallest absolute Gasteiger partial charge is 0.387 e. The number of hydrogen-bond acceptors (Lipinski definition) is 7. The first-order valence-corrected chi connectivity index (χ1v) is 13.4. The number of ether oxygens (including phenoxy) is 3. The van der Waals surface area contributed by atoms with Crippen LogP contribution in [0.25, 0.3) is 0 Å². The van der Waals surface area contributed by atoms with Crippen LogP contribution in [0.15, 0.2) is 65.6 Å². The molecule has 0 bridgehead atoms. The van der Waals surface area contributed by atoms with Gasteiger partial charge in [-0.05, 0) is 48.0 Å². The van der Waals surface area contributed by atoms with E-state index in [4.69, 9.17) is 9.47 Å². The highest BCUT2D eigenvalue weighted by Crippen LogP contribution is 2.34. The Hall–Kier alpha value is -4.85. The third-order valence-electron chi connectivity index (χ3n) is 7.18. The maximum atomic E-state index is 15.3. The summed E-state index contributed by atoms with van der Waals surface area (Å²) >= 11 is 0. The lowest BCUT2D eigenvalue weighted by molar-refractivity contribution is -0.133. The lowest BCUT2D eigenvalue weighted by Crippen LogP contribution is -2.45. The first-order valence-electron chi connectivity index (χ1n) is 13.4. The molecule has 1 aliphatic rings. The van der Waals surface area contributed by atoms with Crippen LogP contribution in [0.4, 0.5) is 18.9 Å². The summed E-state index contributed by atoms with van der Waals surface area (Å²) in [6, 6.07) is 9.42. The van der Waals surface area contributed by atoms with E-state index in [2.05, 4.69) is 10.1 Å². The largest absolute Gasteiger partial charge is 0.497 e. The molecule has 4 rings (SSSR count). The molecule has 234 valence electrons. The molecule has 1 fully saturated rings. The Kier molecular flexibility index (Phi) is 9.94. The highest BCUT2D eigenvalue weighted by atomic mass is 19.3. The average Bonchev–Trinajstić information content (AvgIpc) is 3.30. The van der Waals surface area contributed by atoms with Crippen molar-refractivity contribution in [3.8, 4) is 11.5 Å². The minimum Gasteiger partial charge on any atom is -0.497 e. The Morgan fingerprint density at radius 3 is 2.32 bits per heavy atom. The van der Waals surface area contributed by atoms with Crippen LogP contribution in [0.1, 0.15) is 27.9 Å². The van der Waals surface area contributed by atoms with Crippen LogP contribution in [0.2, 0.25) is 0 Å². The Bertz CT molecular complexity index is 1580. The number of alkyl halides is 2. The van der Waals surface area contributed by atoms with Gasteiger partial charge < -0.3 is 29.3 Å². The van der Waals surface area contributed by atoms with Crippen LogP contribution in [-0.4, -0.2) is 81.3 Å². The highest BCUT2D eigenvalue weighted by molar-refractivity contribution is 6.05. The van der Waals surface area contributed by atoms with Gasteiger partial charge in [0.05, 0.1) is 13.7 Å². The lowest BCUT2D eigenvalue weighted by Gasteiger charge is -2.24. The summed E-state index contributed by atoms with van der Waals surface area (Å²) in [4.78, 5) is 56.1. The monoisotopic (exact) mass is 616 g/mol. The third-order valence-corrected chi connectivity index (χ3v) is 7.18. The van der Waals surface area contributed by atoms with Crippen LogP contribution in [-0.2, 0) is 14.3 Å². The van der Waals surface area contributed by atoms with Gasteiger partial charge in [-0.15, -0.1) is 0 Å². The fourth-order valence-electron chi connectivity index (χ4n) is 5.01. The number of amides is 3. The number of pyridine rings is 1. The number of nitrogens with zero attached hydrogens (tertiary/aromatic N) is 3. The van der Waals surface area contributed by atoms with Gasteiger partial charge in [-0.3, -0.25) is 23.7 Å². The van der Waals surface area contributed by atoms with E-state index < -0.39 is 53.7 Å². The molecule has 44 heavy (non-hydrogen) atoms. The molecule has 1 aromatic heterocycles. The van der Waals surface area contributed by atoms with Gasteiger partial charge >= 0.3 is 6.61 Å². The number of carbonyl (C=O) groups excluding carboxylic acids is 3. The zero-order valence-corrected chi connectivity index (χ0v) is 24.3. The predicted octanol–water partition coefficient (Wildman–Crippen LogP) is 2.80. The van der Waals surface area contributed by atoms with Gasteiger partial charge in [0, 0.05) is 51.5 Å². The summed E-state index contributed by atoms with van der Waals surface area (Å²) in [5.41, 5.74) is -0.648. The Morgan fingerprint density at radius 2 is 1.73 bits per heavy atom. The average molecular weight is 617 g/mol. The van der Waals surface area contributed by atoms with Gasteiger partial charge in [-0.25, -0.2) is 4.39 Å². The van der Waals surface area contributed by atoms with Crippen LogP contribution in [0.5, 0.6) is 11.5 Å². The minimum absolute atomic E-state index is 0.0264. The number of halogens is 3. The molecular weight excluding hydrogens is 585 g/mol. The van der Waals surface area contributed by atoms with Crippen molar-refractivity contribution < 1.29 is 41.8 Å². The molecule has 0 saturated carbocycles. The number of aromatic nitrogens is 1. The number of methoxy groups -OCH3 is 2. The van der Waals surface area contributed by atoms with Gasteiger partial charge in [-0.1, -0.05) is 6.07 Å². The molecule has 1 unspecified atom stereocenters. The summed E-state index contributed by atoms with van der Waals surface area (Å²) in [6.07, 6.45) is 1.40. The fraction of sp³-hybridized carbons (Fsp3) is 0.333. The minimum atomic E-state index is -3.05. The molecule has 0 aliphatic carbocycles. The number of benzene rings is 2. The standard InChI is InChI=1S/C30H31F3N4O7/c1-35(2)27(39)24(16-42-3)36-13-5-6-23(28(36)40)37-15-21(20-12-11-19(43-4)14-22(20)31)25(29(37)41)34-26(38)17-7-9-18(10-8-17)44-30(32)33/h5-14,21,24-25,30H,15-16H2,1-4H3,(H,34,38)/t21-,24?,25-/m0/s1. The van der Waals surface area contributed by atoms with Crippen molar-refractivity contribution in [1.82, 2.24) is 14.8 Å². The van der Waals surface area contributed by atoms with E-state index in [0.717, 1.165) is 15.5 Å². The van der Waals surface area contributed by atoms with Crippen molar-refractivity contribution >= 4 is 23.4 Å². The Morgan fingerprint density at radius 1 is 1.05 bits per heavy atom. The van der Waals surface area contributed by atoms with Crippen molar-refractivity contribution in [3.63, 3.8) is 0 Å². The maximum Gasteiger partial charge on any atom is 0.387 e. The molecule has 14 heteroatoms. The van der Waals surface area contributed by atoms with E-state index in [1.807, 2.05) is 0 Å². The molecule has 0 radical (unpaired) electrons. The lowest BCUT2D eigenvalue weighted by atomic mass is 9.93. The van der Waals surface area contributed by atoms with Crippen molar-refractivity contribution in [2.75, 3.05) is 46.4 Å². The zero-order chi connectivity index (χ0) is 32.1. The summed E-state index contributed by atoms with van der Waals surface area (Å²) in [6.45, 7) is -3.36. The Labute approximate surface area is 250 Å². The molecule has 2 aromatic carbocycles. The molecule has 3 atom stereocenters. The van der Waals surface area contributed by atoms with Gasteiger partial charge in [0.2, 0.25) is 11.8 Å². The van der Waals surface area contributed by atoms with E-state index in [9.17, 15) is 28.0 Å². The highest BCUT2D eigenvalue weighted by Gasteiger charge is 2.45. The van der Waals surface area contributed by atoms with Gasteiger partial charge in [-0.2, -0.15) is 8.78 Å². The second-order valence-electron chi connectivity index (χ2n) is 10.1. The SMILES string of the molecule is COCC(C(=O)N(C)C)n1cccc(N2C[C@@H](c3ccc(OC)cc3F)[C@H](NC(=O)c3ccc(OC(F)F)cc3)C2=O)c1=O. The number of likely N-dealkylation sites (N-methyl/N-ethyl adjacent to an activating group) is 1. The molecule has 3 aromatic rings. The van der Waals surface area contributed by atoms with Crippen LogP contribution < -0.4 is 25.2 Å². The number of rotatable bonds is 11. The fourth-order valence-corrected chi connectivity index (χ4v) is 5.01. The molecule has 11 nitrogen and oxygen atoms in total. The first-order chi connectivity index (χ1) is 21.0. The molecule has 1 aliphatic heterocycles. The van der Waals surface area contributed by atoms with Gasteiger partial charge in [0.15, 0.2) is 0 Å². The van der Waals surface area contributed by atoms with Crippen molar-refractivity contribution in [2.45, 2.75) is 24.6 Å². The molecule has 1 saturated heterocycles. The van der Waals surface area contributed by atoms with E-state index in [-0.39, 0.29) is 41.5 Å². The number of carbonyl (C=O) groups is 3. The summed E-state index contributed by atoms with van der Waals surface area (Å²) in [5, 5.41) is 2.61. The van der Waals surface area contributed by atoms with E-state index in [0.29, 0.717) is 0 Å². The Balaban J connectivity index is 1.72. The molecule has 2 heterocycles. The third kappa shape index (κ3) is 6.70. The van der Waals surface area contributed by atoms with Crippen molar-refractivity contribution in [2.24, 2.45) is 0 Å². The summed E-state index contributed by atoms with van der Waals surface area (Å²) in [5.74, 6) is -3.43. The van der Waals surface area contributed by atoms with Gasteiger partial charge in [0.25, 0.3) is 11.5 Å². The van der Waals surface area contributed by atoms with Crippen LogP contribution in [0, 0.1) is 5.82 Å². The maximum absolute atomic E-state index is 15.3. The zero-order valence-electron chi connectivity index (χ0n) is 24.3. The second kappa shape index (κ2) is 13.6.